The van der Waals surface area contributed by atoms with Gasteiger partial charge in [-0.15, -0.1) is 0 Å². The van der Waals surface area contributed by atoms with E-state index >= 15 is 0 Å². The number of carbonyl (C=O) groups is 1. The number of nitrogens with zero attached hydrogens (tertiary/aromatic N) is 1. The molecule has 0 radical (unpaired) electrons. The molecule has 1 rings (SSSR count). The number of para-hydroxylation sites is 1. The largest absolute Gasteiger partial charge is 0.380 e. The average Bonchev–Trinajstić information content (AvgIpc) is 2.36. The fraction of sp³-hybridized carbons (Fsp3) is 0.333. The number of anilines is 1. The standard InChI is InChI=1S/C12H15N3O2/c1-17-10(8-14)6-12(16)15-11-5-3-2-4-9(11)7-13/h2-5,10H,6,8,14H2,1H3,(H,15,16). The summed E-state index contributed by atoms with van der Waals surface area (Å²) in [7, 11) is 1.51. The molecular formula is C12H15N3O2. The molecule has 0 fully saturated rings. The molecule has 3 N–H and O–H groups in total. The molecule has 0 aliphatic carbocycles. The van der Waals surface area contributed by atoms with Gasteiger partial charge in [0.25, 0.3) is 0 Å². The van der Waals surface area contributed by atoms with Crippen molar-refractivity contribution in [3.63, 3.8) is 0 Å². The Kier molecular flexibility index (Phi) is 5.14. The summed E-state index contributed by atoms with van der Waals surface area (Å²) in [5.41, 5.74) is 6.36. The summed E-state index contributed by atoms with van der Waals surface area (Å²) in [6, 6.07) is 8.84. The van der Waals surface area contributed by atoms with Gasteiger partial charge in [0.2, 0.25) is 5.91 Å². The van der Waals surface area contributed by atoms with E-state index in [4.69, 9.17) is 15.7 Å². The van der Waals surface area contributed by atoms with Crippen LogP contribution in [0.1, 0.15) is 12.0 Å². The monoisotopic (exact) mass is 233 g/mol. The highest BCUT2D eigenvalue weighted by Crippen LogP contribution is 2.14. The van der Waals surface area contributed by atoms with Gasteiger partial charge in [0.05, 0.1) is 23.8 Å². The van der Waals surface area contributed by atoms with Crippen LogP contribution in [0.5, 0.6) is 0 Å². The number of hydrogen-bond donors (Lipinski definition) is 2. The van der Waals surface area contributed by atoms with Crippen molar-refractivity contribution in [1.82, 2.24) is 0 Å². The topological polar surface area (TPSA) is 88.1 Å². The van der Waals surface area contributed by atoms with Crippen LogP contribution in [0.25, 0.3) is 0 Å². The van der Waals surface area contributed by atoms with Crippen LogP contribution in [-0.2, 0) is 9.53 Å². The van der Waals surface area contributed by atoms with E-state index in [0.717, 1.165) is 0 Å². The first-order valence-corrected chi connectivity index (χ1v) is 5.23. The Labute approximate surface area is 100 Å². The number of rotatable bonds is 5. The van der Waals surface area contributed by atoms with Crippen molar-refractivity contribution in [2.24, 2.45) is 5.73 Å². The lowest BCUT2D eigenvalue weighted by molar-refractivity contribution is -0.118. The summed E-state index contributed by atoms with van der Waals surface area (Å²) in [4.78, 5) is 11.7. The average molecular weight is 233 g/mol. The summed E-state index contributed by atoms with van der Waals surface area (Å²) in [6.45, 7) is 0.282. The van der Waals surface area contributed by atoms with Crippen LogP contribution in [0, 0.1) is 11.3 Å². The maximum absolute atomic E-state index is 11.7. The molecule has 0 aromatic heterocycles. The predicted molar refractivity (Wildman–Crippen MR) is 64.3 cm³/mol. The van der Waals surface area contributed by atoms with Crippen LogP contribution in [0.4, 0.5) is 5.69 Å². The summed E-state index contributed by atoms with van der Waals surface area (Å²) < 4.78 is 5.01. The first-order chi connectivity index (χ1) is 8.21. The van der Waals surface area contributed by atoms with Gasteiger partial charge in [0, 0.05) is 13.7 Å². The lowest BCUT2D eigenvalue weighted by Crippen LogP contribution is -2.28. The van der Waals surface area contributed by atoms with E-state index in [9.17, 15) is 4.79 Å². The van der Waals surface area contributed by atoms with E-state index in [0.29, 0.717) is 11.3 Å². The number of benzene rings is 1. The maximum atomic E-state index is 11.7. The van der Waals surface area contributed by atoms with Crippen LogP contribution < -0.4 is 11.1 Å². The minimum Gasteiger partial charge on any atom is -0.380 e. The van der Waals surface area contributed by atoms with Crippen LogP contribution in [0.15, 0.2) is 24.3 Å². The molecule has 0 saturated carbocycles. The van der Waals surface area contributed by atoms with Crippen molar-refractivity contribution in [3.8, 4) is 6.07 Å². The second kappa shape index (κ2) is 6.63. The van der Waals surface area contributed by atoms with Crippen LogP contribution in [-0.4, -0.2) is 25.7 Å². The number of ether oxygens (including phenoxy) is 1. The number of amides is 1. The van der Waals surface area contributed by atoms with Gasteiger partial charge in [-0.25, -0.2) is 0 Å². The molecule has 0 bridgehead atoms. The lowest BCUT2D eigenvalue weighted by atomic mass is 10.2. The van der Waals surface area contributed by atoms with E-state index in [1.165, 1.54) is 7.11 Å². The van der Waals surface area contributed by atoms with E-state index < -0.39 is 0 Å². The van der Waals surface area contributed by atoms with E-state index in [2.05, 4.69) is 5.32 Å². The Morgan fingerprint density at radius 1 is 1.59 bits per heavy atom. The normalized spacial score (nSPS) is 11.6. The van der Waals surface area contributed by atoms with Crippen molar-refractivity contribution in [2.45, 2.75) is 12.5 Å². The SMILES string of the molecule is COC(CN)CC(=O)Nc1ccccc1C#N. The molecule has 0 aliphatic heterocycles. The molecule has 1 atom stereocenters. The van der Waals surface area contributed by atoms with Crippen molar-refractivity contribution >= 4 is 11.6 Å². The fourth-order valence-corrected chi connectivity index (χ4v) is 1.36. The van der Waals surface area contributed by atoms with Crippen molar-refractivity contribution in [3.05, 3.63) is 29.8 Å². The first-order valence-electron chi connectivity index (χ1n) is 5.23. The van der Waals surface area contributed by atoms with Crippen molar-refractivity contribution < 1.29 is 9.53 Å². The molecule has 5 heteroatoms. The Hall–Kier alpha value is -1.90. The molecule has 1 amide bonds. The third-order valence-electron chi connectivity index (χ3n) is 2.33. The quantitative estimate of drug-likeness (QED) is 0.789. The number of hydrogen-bond acceptors (Lipinski definition) is 4. The molecule has 5 nitrogen and oxygen atoms in total. The predicted octanol–water partition coefficient (Wildman–Crippen LogP) is 0.861. The minimum atomic E-state index is -0.302. The third-order valence-corrected chi connectivity index (χ3v) is 2.33. The van der Waals surface area contributed by atoms with Gasteiger partial charge < -0.3 is 15.8 Å². The second-order valence-corrected chi connectivity index (χ2v) is 3.50. The first kappa shape index (κ1) is 13.2. The molecule has 0 heterocycles. The number of nitrogens with two attached hydrogens (primary N) is 1. The molecule has 0 aliphatic rings. The van der Waals surface area contributed by atoms with E-state index in [-0.39, 0.29) is 25.0 Å². The molecule has 0 spiro atoms. The molecule has 17 heavy (non-hydrogen) atoms. The molecule has 0 saturated heterocycles. The van der Waals surface area contributed by atoms with Crippen LogP contribution >= 0.6 is 0 Å². The lowest BCUT2D eigenvalue weighted by Gasteiger charge is -2.13. The zero-order valence-electron chi connectivity index (χ0n) is 9.64. The van der Waals surface area contributed by atoms with Crippen molar-refractivity contribution in [1.29, 1.82) is 5.26 Å². The van der Waals surface area contributed by atoms with E-state index in [1.807, 2.05) is 6.07 Å². The summed E-state index contributed by atoms with van der Waals surface area (Å²) >= 11 is 0. The molecule has 1 unspecified atom stereocenters. The Bertz CT molecular complexity index is 422. The Morgan fingerprint density at radius 3 is 2.88 bits per heavy atom. The Morgan fingerprint density at radius 2 is 2.29 bits per heavy atom. The van der Waals surface area contributed by atoms with E-state index in [1.54, 1.807) is 24.3 Å². The number of methoxy groups -OCH3 is 1. The summed E-state index contributed by atoms with van der Waals surface area (Å²) in [5, 5.41) is 11.5. The number of carbonyl (C=O) groups excluding carboxylic acids is 1. The fourth-order valence-electron chi connectivity index (χ4n) is 1.36. The molecule has 1 aromatic carbocycles. The van der Waals surface area contributed by atoms with Gasteiger partial charge in [-0.2, -0.15) is 5.26 Å². The highest BCUT2D eigenvalue weighted by molar-refractivity contribution is 5.92. The van der Waals surface area contributed by atoms with Gasteiger partial charge in [0.1, 0.15) is 6.07 Å². The van der Waals surface area contributed by atoms with Crippen LogP contribution in [0.2, 0.25) is 0 Å². The minimum absolute atomic E-state index is 0.173. The van der Waals surface area contributed by atoms with Gasteiger partial charge in [-0.3, -0.25) is 4.79 Å². The molecule has 90 valence electrons. The highest BCUT2D eigenvalue weighted by Gasteiger charge is 2.12. The van der Waals surface area contributed by atoms with Crippen LogP contribution in [0.3, 0.4) is 0 Å². The smallest absolute Gasteiger partial charge is 0.227 e. The highest BCUT2D eigenvalue weighted by atomic mass is 16.5. The zero-order valence-corrected chi connectivity index (χ0v) is 9.64. The molecule has 1 aromatic rings. The second-order valence-electron chi connectivity index (χ2n) is 3.50. The van der Waals surface area contributed by atoms with Gasteiger partial charge in [0.15, 0.2) is 0 Å². The van der Waals surface area contributed by atoms with Gasteiger partial charge in [-0.1, -0.05) is 12.1 Å². The summed E-state index contributed by atoms with van der Waals surface area (Å²) in [6.07, 6.45) is -0.128. The zero-order chi connectivity index (χ0) is 12.7. The van der Waals surface area contributed by atoms with Crippen molar-refractivity contribution in [2.75, 3.05) is 19.0 Å². The molecular weight excluding hydrogens is 218 g/mol. The van der Waals surface area contributed by atoms with Gasteiger partial charge >= 0.3 is 0 Å². The number of nitrogens with one attached hydrogen (secondary N) is 1. The third kappa shape index (κ3) is 3.87. The number of nitriles is 1. The Balaban J connectivity index is 2.65. The van der Waals surface area contributed by atoms with Gasteiger partial charge in [-0.05, 0) is 12.1 Å². The summed E-state index contributed by atoms with van der Waals surface area (Å²) in [5.74, 6) is -0.218. The maximum Gasteiger partial charge on any atom is 0.227 e.